The second-order valence-electron chi connectivity index (χ2n) is 22.7. The molecule has 0 heterocycles. The van der Waals surface area contributed by atoms with Gasteiger partial charge in [0, 0.05) is 6.54 Å². The number of aliphatic carboxylic acids is 1. The lowest BCUT2D eigenvalue weighted by Gasteiger charge is -2.30. The van der Waals surface area contributed by atoms with Gasteiger partial charge in [-0.05, 0) is 127 Å². The molecule has 0 fully saturated rings. The Balaban J connectivity index is 7.03. The quantitative estimate of drug-likeness (QED) is 0.0184. The van der Waals surface area contributed by atoms with E-state index in [1.165, 1.54) is 6.92 Å². The van der Waals surface area contributed by atoms with Gasteiger partial charge in [0.2, 0.25) is 53.2 Å². The van der Waals surface area contributed by atoms with Gasteiger partial charge in [-0.15, -0.1) is 0 Å². The molecule has 27 nitrogen and oxygen atoms in total. The highest BCUT2D eigenvalue weighted by molar-refractivity contribution is 5.98. The summed E-state index contributed by atoms with van der Waals surface area (Å²) in [5.41, 5.74) is 28.2. The Bertz CT molecular complexity index is 2020. The number of guanidine groups is 1. The molecular weight excluding hydrogens is 1050 g/mol. The zero-order chi connectivity index (χ0) is 62.1. The number of unbranched alkanes of at least 4 members (excludes halogenated alkanes) is 2. The predicted molar refractivity (Wildman–Crippen MR) is 309 cm³/mol. The minimum Gasteiger partial charge on any atom is -0.480 e. The fraction of sp³-hybridized carbons (Fsp3) is 0.796. The van der Waals surface area contributed by atoms with Crippen LogP contribution < -0.4 is 76.5 Å². The average molecular weight is 1150 g/mol. The molecule has 9 amide bonds. The van der Waals surface area contributed by atoms with Crippen molar-refractivity contribution < 1.29 is 58.2 Å². The van der Waals surface area contributed by atoms with Gasteiger partial charge in [-0.25, -0.2) is 4.79 Å². The molecule has 0 aromatic rings. The van der Waals surface area contributed by atoms with Gasteiger partial charge in [0.1, 0.15) is 54.4 Å². The van der Waals surface area contributed by atoms with E-state index in [9.17, 15) is 58.2 Å². The number of carboxylic acid groups (broad SMARTS) is 1. The molecule has 21 N–H and O–H groups in total. The molecule has 0 saturated heterocycles. The van der Waals surface area contributed by atoms with Crippen molar-refractivity contribution in [2.75, 3.05) is 26.2 Å². The van der Waals surface area contributed by atoms with E-state index in [1.807, 2.05) is 27.7 Å². The summed E-state index contributed by atoms with van der Waals surface area (Å²) < 4.78 is 0. The summed E-state index contributed by atoms with van der Waals surface area (Å²) in [5, 5.41) is 44.5. The summed E-state index contributed by atoms with van der Waals surface area (Å²) in [6.45, 7) is 19.5. The summed E-state index contributed by atoms with van der Waals surface area (Å²) in [6, 6.07) is -11.6. The molecule has 11 atom stereocenters. The third kappa shape index (κ3) is 31.0. The van der Waals surface area contributed by atoms with Crippen molar-refractivity contribution in [3.8, 4) is 0 Å². The van der Waals surface area contributed by atoms with Gasteiger partial charge in [-0.2, -0.15) is 0 Å². The van der Waals surface area contributed by atoms with Crippen LogP contribution in [0.2, 0.25) is 0 Å². The Kier molecular flexibility index (Phi) is 37.0. The first-order chi connectivity index (χ1) is 37.9. The SMILES string of the molecule is CC[C@H](C)[C@H](NC(=O)[C@H](CCCN=C(N)N)NC(=O)[C@H](CCCCN)NC(=O)[C@H](CC(C)C)NC(=O)[C@H](CC(C)C)NC(=O)CN)C(=O)N[C@@H](CCCCN)C(=O)N[C@H](C(=O)N[C@@H](CC(C)C)C(=O)N[C@@H](CC(C)C)C(=O)O)[C@@H](C)O. The van der Waals surface area contributed by atoms with Gasteiger partial charge >= 0.3 is 5.97 Å². The van der Waals surface area contributed by atoms with Crippen LogP contribution in [0.3, 0.4) is 0 Å². The van der Waals surface area contributed by atoms with Crippen LogP contribution in [0.15, 0.2) is 4.99 Å². The van der Waals surface area contributed by atoms with Gasteiger partial charge in [-0.1, -0.05) is 75.7 Å². The summed E-state index contributed by atoms with van der Waals surface area (Å²) in [5.74, 6) is -9.31. The largest absolute Gasteiger partial charge is 0.480 e. The lowest BCUT2D eigenvalue weighted by atomic mass is 9.96. The summed E-state index contributed by atoms with van der Waals surface area (Å²) >= 11 is 0. The van der Waals surface area contributed by atoms with Crippen molar-refractivity contribution in [2.45, 2.75) is 220 Å². The number of amides is 9. The van der Waals surface area contributed by atoms with Crippen LogP contribution in [-0.2, 0) is 47.9 Å². The number of carboxylic acids is 1. The minimum atomic E-state index is -1.66. The van der Waals surface area contributed by atoms with Crippen molar-refractivity contribution >= 4 is 65.1 Å². The van der Waals surface area contributed by atoms with Gasteiger partial charge in [0.25, 0.3) is 0 Å². The maximum absolute atomic E-state index is 14.5. The van der Waals surface area contributed by atoms with Crippen molar-refractivity contribution in [3.05, 3.63) is 0 Å². The molecule has 0 aliphatic carbocycles. The van der Waals surface area contributed by atoms with Gasteiger partial charge in [0.05, 0.1) is 12.6 Å². The number of carbonyl (C=O) groups excluding carboxylic acids is 9. The molecule has 0 aliphatic heterocycles. The van der Waals surface area contributed by atoms with Crippen LogP contribution in [0.1, 0.15) is 160 Å². The molecule has 466 valence electrons. The number of nitrogens with one attached hydrogen (secondary N) is 9. The molecule has 0 saturated carbocycles. The van der Waals surface area contributed by atoms with E-state index in [2.05, 4.69) is 52.8 Å². The normalized spacial score (nSPS) is 15.5. The highest BCUT2D eigenvalue weighted by Crippen LogP contribution is 2.15. The second kappa shape index (κ2) is 40.1. The van der Waals surface area contributed by atoms with Crippen molar-refractivity contribution in [1.29, 1.82) is 0 Å². The van der Waals surface area contributed by atoms with E-state index < -0.39 is 126 Å². The molecule has 81 heavy (non-hydrogen) atoms. The number of nitrogens with two attached hydrogens (primary N) is 5. The average Bonchev–Trinajstić information content (AvgIpc) is 3.37. The zero-order valence-corrected chi connectivity index (χ0v) is 50.0. The van der Waals surface area contributed by atoms with Crippen LogP contribution >= 0.6 is 0 Å². The number of aliphatic imine (C=N–C) groups is 1. The van der Waals surface area contributed by atoms with Crippen molar-refractivity contribution in [3.63, 3.8) is 0 Å². The summed E-state index contributed by atoms with van der Waals surface area (Å²) in [6.07, 6.45) is 1.20. The lowest BCUT2D eigenvalue weighted by Crippen LogP contribution is -2.62. The maximum Gasteiger partial charge on any atom is 0.326 e. The number of aliphatic hydroxyl groups excluding tert-OH is 1. The fourth-order valence-corrected chi connectivity index (χ4v) is 8.58. The van der Waals surface area contributed by atoms with E-state index in [0.29, 0.717) is 32.1 Å². The van der Waals surface area contributed by atoms with E-state index in [4.69, 9.17) is 28.7 Å². The van der Waals surface area contributed by atoms with E-state index in [1.54, 1.807) is 41.5 Å². The third-order valence-corrected chi connectivity index (χ3v) is 13.1. The summed E-state index contributed by atoms with van der Waals surface area (Å²) in [4.78, 5) is 141. The Hall–Kier alpha value is -6.19. The number of carbonyl (C=O) groups is 10. The maximum atomic E-state index is 14.5. The standard InChI is InChI=1S/C54H103N15O12/c1-12-33(10)43(51(78)64-36(19-14-16-22-56)47(74)69-44(34(11)70)52(79)66-40(26-31(6)7)50(77)67-41(53(80)81)27-32(8)9)68-46(73)37(20-17-23-60-54(58)59)62-45(72)35(18-13-15-21-55)63-49(76)39(25-30(4)5)65-48(75)38(24-29(2)3)61-42(71)28-57/h29-41,43-44,70H,12-28,55-57H2,1-11H3,(H,61,71)(H,62,72)(H,63,76)(H,64,78)(H,65,75)(H,66,79)(H,67,77)(H,68,73)(H,69,74)(H,80,81)(H4,58,59,60)/t33-,34+,35-,36-,37-,38-,39-,40-,41-,43-,44-/m0/s1. The lowest BCUT2D eigenvalue weighted by molar-refractivity contribution is -0.143. The number of hydrogen-bond acceptors (Lipinski definition) is 15. The first kappa shape index (κ1) is 74.8. The smallest absolute Gasteiger partial charge is 0.326 e. The highest BCUT2D eigenvalue weighted by Gasteiger charge is 2.37. The predicted octanol–water partition coefficient (Wildman–Crippen LogP) is -1.68. The van der Waals surface area contributed by atoms with Gasteiger partial charge in [-0.3, -0.25) is 48.1 Å². The molecule has 0 radical (unpaired) electrons. The first-order valence-corrected chi connectivity index (χ1v) is 28.7. The van der Waals surface area contributed by atoms with Crippen LogP contribution in [0.5, 0.6) is 0 Å². The Morgan fingerprint density at radius 1 is 0.420 bits per heavy atom. The number of nitrogens with zero attached hydrogens (tertiary/aromatic N) is 1. The zero-order valence-electron chi connectivity index (χ0n) is 50.0. The van der Waals surface area contributed by atoms with E-state index in [-0.39, 0.29) is 107 Å². The van der Waals surface area contributed by atoms with Crippen LogP contribution in [-0.4, -0.2) is 162 Å². The molecular formula is C54H103N15O12. The van der Waals surface area contributed by atoms with Crippen LogP contribution in [0.4, 0.5) is 0 Å². The Morgan fingerprint density at radius 2 is 0.741 bits per heavy atom. The molecule has 27 heteroatoms. The second-order valence-corrected chi connectivity index (χ2v) is 22.7. The fourth-order valence-electron chi connectivity index (χ4n) is 8.58. The topological polar surface area (TPSA) is 462 Å². The van der Waals surface area contributed by atoms with E-state index in [0.717, 1.165) is 0 Å². The molecule has 0 aromatic heterocycles. The molecule has 0 spiro atoms. The van der Waals surface area contributed by atoms with Gasteiger partial charge < -0.3 is 86.7 Å². The number of hydrogen-bond donors (Lipinski definition) is 16. The molecule has 0 rings (SSSR count). The van der Waals surface area contributed by atoms with Gasteiger partial charge in [0.15, 0.2) is 5.96 Å². The van der Waals surface area contributed by atoms with E-state index >= 15 is 0 Å². The number of aliphatic hydroxyl groups is 1. The third-order valence-electron chi connectivity index (χ3n) is 13.1. The minimum absolute atomic E-state index is 0.000718. The molecule has 0 unspecified atom stereocenters. The monoisotopic (exact) mass is 1150 g/mol. The Labute approximate surface area is 479 Å². The van der Waals surface area contributed by atoms with Crippen molar-refractivity contribution in [1.82, 2.24) is 47.9 Å². The highest BCUT2D eigenvalue weighted by atomic mass is 16.4. The number of rotatable bonds is 42. The van der Waals surface area contributed by atoms with Crippen LogP contribution in [0, 0.1) is 29.6 Å². The van der Waals surface area contributed by atoms with Crippen LogP contribution in [0.25, 0.3) is 0 Å². The molecule has 0 aliphatic rings. The Morgan fingerprint density at radius 3 is 1.11 bits per heavy atom. The first-order valence-electron chi connectivity index (χ1n) is 28.7. The molecule has 0 aromatic carbocycles. The van der Waals surface area contributed by atoms with Crippen molar-refractivity contribution in [2.24, 2.45) is 63.3 Å². The summed E-state index contributed by atoms with van der Waals surface area (Å²) in [7, 11) is 0. The molecule has 0 bridgehead atoms.